The van der Waals surface area contributed by atoms with Crippen LogP contribution in [0.4, 0.5) is 10.1 Å². The van der Waals surface area contributed by atoms with Crippen LogP contribution in [-0.4, -0.2) is 28.3 Å². The Hall–Kier alpha value is -3.48. The summed E-state index contributed by atoms with van der Waals surface area (Å²) in [4.78, 5) is 24.1. The Morgan fingerprint density at radius 3 is 2.55 bits per heavy atom. The van der Waals surface area contributed by atoms with Crippen molar-refractivity contribution in [1.82, 2.24) is 9.78 Å². The molecule has 1 aromatic heterocycles. The molecule has 0 fully saturated rings. The van der Waals surface area contributed by atoms with E-state index in [2.05, 4.69) is 10.4 Å². The number of hydrogen-bond acceptors (Lipinski definition) is 4. The number of benzene rings is 2. The molecule has 0 saturated carbocycles. The normalized spacial score (nSPS) is 10.6. The van der Waals surface area contributed by atoms with Gasteiger partial charge in [0, 0.05) is 17.7 Å². The summed E-state index contributed by atoms with van der Waals surface area (Å²) in [6.45, 7) is 3.89. The highest BCUT2D eigenvalue weighted by Crippen LogP contribution is 2.27. The van der Waals surface area contributed by atoms with Gasteiger partial charge in [0.2, 0.25) is 5.91 Å². The average molecular weight is 395 g/mol. The number of nitrogens with zero attached hydrogens (tertiary/aromatic N) is 2. The third-order valence-corrected chi connectivity index (χ3v) is 4.18. The second kappa shape index (κ2) is 9.14. The molecule has 1 N–H and O–H groups in total. The minimum Gasteiger partial charge on any atom is -0.461 e. The Kier molecular flexibility index (Phi) is 6.39. The van der Waals surface area contributed by atoms with Crippen molar-refractivity contribution in [3.05, 3.63) is 66.1 Å². The highest BCUT2D eigenvalue weighted by molar-refractivity contribution is 5.92. The fourth-order valence-electron chi connectivity index (χ4n) is 2.88. The minimum atomic E-state index is -0.540. The summed E-state index contributed by atoms with van der Waals surface area (Å²) in [5.74, 6) is -0.973. The Bertz CT molecular complexity index is 1010. The van der Waals surface area contributed by atoms with Crippen LogP contribution in [0.1, 0.15) is 37.2 Å². The van der Waals surface area contributed by atoms with Gasteiger partial charge in [-0.1, -0.05) is 19.1 Å². The largest absolute Gasteiger partial charge is 0.461 e. The van der Waals surface area contributed by atoms with Crippen molar-refractivity contribution in [3.63, 3.8) is 0 Å². The fraction of sp³-hybridized carbons (Fsp3) is 0.227. The molecule has 1 heterocycles. The van der Waals surface area contributed by atoms with Crippen molar-refractivity contribution in [1.29, 1.82) is 0 Å². The molecule has 0 aliphatic rings. The van der Waals surface area contributed by atoms with Crippen LogP contribution in [-0.2, 0) is 9.53 Å². The van der Waals surface area contributed by atoms with Gasteiger partial charge in [-0.05, 0) is 55.8 Å². The van der Waals surface area contributed by atoms with Gasteiger partial charge in [0.1, 0.15) is 5.82 Å². The topological polar surface area (TPSA) is 73.2 Å². The standard InChI is InChI=1S/C22H22FN3O3/c1-3-6-21(27)24-17-8-5-7-15(13-17)20-14-19(22(28)29-4-2)25-26(20)18-11-9-16(23)10-12-18/h5,7-14H,3-4,6H2,1-2H3,(H,24,27). The molecule has 0 aliphatic heterocycles. The molecular weight excluding hydrogens is 373 g/mol. The maximum Gasteiger partial charge on any atom is 0.358 e. The first kappa shape index (κ1) is 20.3. The first-order chi connectivity index (χ1) is 14.0. The van der Waals surface area contributed by atoms with Crippen molar-refractivity contribution in [2.24, 2.45) is 0 Å². The fourth-order valence-corrected chi connectivity index (χ4v) is 2.88. The summed E-state index contributed by atoms with van der Waals surface area (Å²) >= 11 is 0. The predicted molar refractivity (Wildman–Crippen MR) is 108 cm³/mol. The third-order valence-electron chi connectivity index (χ3n) is 4.18. The van der Waals surface area contributed by atoms with Crippen molar-refractivity contribution in [2.45, 2.75) is 26.7 Å². The van der Waals surface area contributed by atoms with Gasteiger partial charge < -0.3 is 10.1 Å². The lowest BCUT2D eigenvalue weighted by Crippen LogP contribution is -2.10. The highest BCUT2D eigenvalue weighted by Gasteiger charge is 2.18. The first-order valence-electron chi connectivity index (χ1n) is 9.45. The van der Waals surface area contributed by atoms with E-state index in [0.717, 1.165) is 12.0 Å². The van der Waals surface area contributed by atoms with Gasteiger partial charge in [0.15, 0.2) is 5.69 Å². The number of anilines is 1. The van der Waals surface area contributed by atoms with E-state index in [4.69, 9.17) is 4.74 Å². The summed E-state index contributed by atoms with van der Waals surface area (Å²) in [5.41, 5.74) is 2.74. The van der Waals surface area contributed by atoms with Crippen LogP contribution < -0.4 is 5.32 Å². The molecule has 0 atom stereocenters. The van der Waals surface area contributed by atoms with Crippen LogP contribution in [0.15, 0.2) is 54.6 Å². The molecule has 3 rings (SSSR count). The van der Waals surface area contributed by atoms with Crippen LogP contribution in [0.3, 0.4) is 0 Å². The maximum absolute atomic E-state index is 13.4. The number of halogens is 1. The summed E-state index contributed by atoms with van der Waals surface area (Å²) < 4.78 is 20.0. The number of carbonyl (C=O) groups is 2. The summed E-state index contributed by atoms with van der Waals surface area (Å²) in [7, 11) is 0. The number of rotatable bonds is 7. The van der Waals surface area contributed by atoms with Crippen LogP contribution in [0, 0.1) is 5.82 Å². The lowest BCUT2D eigenvalue weighted by atomic mass is 10.1. The molecule has 0 aliphatic carbocycles. The van der Waals surface area contributed by atoms with E-state index >= 15 is 0 Å². The molecular formula is C22H22FN3O3. The second-order valence-corrected chi connectivity index (χ2v) is 6.40. The Labute approximate surface area is 168 Å². The van der Waals surface area contributed by atoms with E-state index in [9.17, 15) is 14.0 Å². The summed E-state index contributed by atoms with van der Waals surface area (Å²) in [6, 6.07) is 14.7. The monoisotopic (exact) mass is 395 g/mol. The summed E-state index contributed by atoms with van der Waals surface area (Å²) in [6.07, 6.45) is 1.19. The Morgan fingerprint density at radius 1 is 1.10 bits per heavy atom. The quantitative estimate of drug-likeness (QED) is 0.594. The van der Waals surface area contributed by atoms with E-state index < -0.39 is 5.97 Å². The molecule has 3 aromatic rings. The minimum absolute atomic E-state index is 0.0658. The van der Waals surface area contributed by atoms with Gasteiger partial charge in [-0.15, -0.1) is 0 Å². The van der Waals surface area contributed by atoms with Crippen molar-refractivity contribution in [3.8, 4) is 16.9 Å². The third kappa shape index (κ3) is 4.87. The van der Waals surface area contributed by atoms with E-state index in [1.165, 1.54) is 12.1 Å². The van der Waals surface area contributed by atoms with Gasteiger partial charge in [-0.3, -0.25) is 4.79 Å². The molecule has 6 nitrogen and oxygen atoms in total. The number of esters is 1. The number of nitrogens with one attached hydrogen (secondary N) is 1. The van der Waals surface area contributed by atoms with Crippen LogP contribution in [0.25, 0.3) is 16.9 Å². The molecule has 0 bridgehead atoms. The van der Waals surface area contributed by atoms with E-state index in [1.54, 1.807) is 41.9 Å². The first-order valence-corrected chi connectivity index (χ1v) is 9.45. The lowest BCUT2D eigenvalue weighted by molar-refractivity contribution is -0.116. The van der Waals surface area contributed by atoms with E-state index in [1.807, 2.05) is 19.1 Å². The number of ether oxygens (including phenoxy) is 1. The second-order valence-electron chi connectivity index (χ2n) is 6.40. The van der Waals surface area contributed by atoms with Gasteiger partial charge in [0.25, 0.3) is 0 Å². The zero-order valence-corrected chi connectivity index (χ0v) is 16.3. The lowest BCUT2D eigenvalue weighted by Gasteiger charge is -2.10. The van der Waals surface area contributed by atoms with E-state index in [0.29, 0.717) is 23.5 Å². The van der Waals surface area contributed by atoms with Crippen molar-refractivity contribution < 1.29 is 18.7 Å². The molecule has 1 amide bonds. The molecule has 29 heavy (non-hydrogen) atoms. The molecule has 7 heteroatoms. The number of aromatic nitrogens is 2. The van der Waals surface area contributed by atoms with Crippen LogP contribution >= 0.6 is 0 Å². The highest BCUT2D eigenvalue weighted by atomic mass is 19.1. The smallest absolute Gasteiger partial charge is 0.358 e. The molecule has 150 valence electrons. The molecule has 0 saturated heterocycles. The van der Waals surface area contributed by atoms with Crippen LogP contribution in [0.5, 0.6) is 0 Å². The van der Waals surface area contributed by atoms with Crippen molar-refractivity contribution >= 4 is 17.6 Å². The Morgan fingerprint density at radius 2 is 1.86 bits per heavy atom. The number of hydrogen-bond donors (Lipinski definition) is 1. The van der Waals surface area contributed by atoms with Gasteiger partial charge in [-0.25, -0.2) is 13.9 Å². The predicted octanol–water partition coefficient (Wildman–Crippen LogP) is 4.59. The molecule has 0 spiro atoms. The molecule has 0 unspecified atom stereocenters. The van der Waals surface area contributed by atoms with Gasteiger partial charge in [-0.2, -0.15) is 5.10 Å². The average Bonchev–Trinajstić information content (AvgIpc) is 3.15. The SMILES string of the molecule is CCCC(=O)Nc1cccc(-c2cc(C(=O)OCC)nn2-c2ccc(F)cc2)c1. The zero-order chi connectivity index (χ0) is 20.8. The van der Waals surface area contributed by atoms with Gasteiger partial charge in [0.05, 0.1) is 18.0 Å². The Balaban J connectivity index is 2.04. The molecule has 2 aromatic carbocycles. The van der Waals surface area contributed by atoms with Crippen molar-refractivity contribution in [2.75, 3.05) is 11.9 Å². The molecule has 0 radical (unpaired) electrons. The summed E-state index contributed by atoms with van der Waals surface area (Å²) in [5, 5.41) is 7.22. The zero-order valence-electron chi connectivity index (χ0n) is 16.3. The maximum atomic E-state index is 13.4. The number of amides is 1. The van der Waals surface area contributed by atoms with Gasteiger partial charge >= 0.3 is 5.97 Å². The number of carbonyl (C=O) groups excluding carboxylic acids is 2. The van der Waals surface area contributed by atoms with E-state index in [-0.39, 0.29) is 24.0 Å². The van der Waals surface area contributed by atoms with Crippen LogP contribution in [0.2, 0.25) is 0 Å².